The molecule has 0 unspecified atom stereocenters. The summed E-state index contributed by atoms with van der Waals surface area (Å²) in [6.45, 7) is 6.20. The lowest BCUT2D eigenvalue weighted by molar-refractivity contribution is -0.132. The van der Waals surface area contributed by atoms with Crippen molar-refractivity contribution in [1.29, 1.82) is 0 Å². The third-order valence-corrected chi connectivity index (χ3v) is 6.47. The number of aromatic nitrogens is 2. The van der Waals surface area contributed by atoms with Gasteiger partial charge in [0.2, 0.25) is 5.91 Å². The van der Waals surface area contributed by atoms with Crippen molar-refractivity contribution in [2.45, 2.75) is 26.3 Å². The molecule has 194 valence electrons. The van der Waals surface area contributed by atoms with Crippen molar-refractivity contribution >= 4 is 17.6 Å². The molecule has 0 radical (unpaired) electrons. The topological polar surface area (TPSA) is 78.9 Å². The van der Waals surface area contributed by atoms with E-state index in [2.05, 4.69) is 15.1 Å². The number of ether oxygens (including phenoxy) is 1. The van der Waals surface area contributed by atoms with E-state index in [-0.39, 0.29) is 24.4 Å². The Morgan fingerprint density at radius 2 is 1.78 bits per heavy atom. The number of carbonyl (C=O) groups is 2. The van der Waals surface area contributed by atoms with Crippen LogP contribution in [-0.2, 0) is 4.79 Å². The third-order valence-electron chi connectivity index (χ3n) is 6.47. The molecule has 2 aromatic carbocycles. The maximum absolute atomic E-state index is 13.3. The van der Waals surface area contributed by atoms with Crippen molar-refractivity contribution in [3.63, 3.8) is 0 Å². The quantitative estimate of drug-likeness (QED) is 0.485. The number of amides is 2. The van der Waals surface area contributed by atoms with E-state index < -0.39 is 5.82 Å². The molecule has 0 spiro atoms. The van der Waals surface area contributed by atoms with Gasteiger partial charge in [-0.15, -0.1) is 10.2 Å². The molecule has 8 nitrogen and oxygen atoms in total. The molecular formula is C28H32FN5O3. The summed E-state index contributed by atoms with van der Waals surface area (Å²) in [6.07, 6.45) is 0.776. The molecule has 2 heterocycles. The summed E-state index contributed by atoms with van der Waals surface area (Å²) in [6, 6.07) is 16.8. The van der Waals surface area contributed by atoms with Crippen LogP contribution in [0.5, 0.6) is 5.75 Å². The minimum Gasteiger partial charge on any atom is -0.497 e. The molecule has 0 N–H and O–H groups in total. The Morgan fingerprint density at radius 1 is 1.00 bits per heavy atom. The summed E-state index contributed by atoms with van der Waals surface area (Å²) in [5, 5.41) is 8.83. The van der Waals surface area contributed by atoms with E-state index in [9.17, 15) is 14.0 Å². The summed E-state index contributed by atoms with van der Waals surface area (Å²) >= 11 is 0. The number of benzene rings is 2. The van der Waals surface area contributed by atoms with Crippen molar-refractivity contribution in [2.75, 3.05) is 44.7 Å². The highest BCUT2D eigenvalue weighted by Crippen LogP contribution is 2.23. The lowest BCUT2D eigenvalue weighted by Crippen LogP contribution is -2.46. The molecule has 1 fully saturated rings. The van der Waals surface area contributed by atoms with Gasteiger partial charge in [0, 0.05) is 43.3 Å². The van der Waals surface area contributed by atoms with Crippen molar-refractivity contribution in [1.82, 2.24) is 20.0 Å². The largest absolute Gasteiger partial charge is 0.497 e. The maximum atomic E-state index is 13.3. The fourth-order valence-electron chi connectivity index (χ4n) is 4.32. The second-order valence-electron chi connectivity index (χ2n) is 9.26. The second-order valence-corrected chi connectivity index (χ2v) is 9.26. The van der Waals surface area contributed by atoms with E-state index in [4.69, 9.17) is 4.74 Å². The van der Waals surface area contributed by atoms with Crippen LogP contribution in [0.4, 0.5) is 10.2 Å². The Morgan fingerprint density at radius 3 is 2.46 bits per heavy atom. The lowest BCUT2D eigenvalue weighted by atomic mass is 10.1. The van der Waals surface area contributed by atoms with Crippen LogP contribution in [0.15, 0.2) is 60.7 Å². The molecule has 2 amide bonds. The number of hydrogen-bond acceptors (Lipinski definition) is 6. The molecule has 1 saturated heterocycles. The SMILES string of the molecule is COc1cccc(-c2ccc(N3CCCN(C(=O)CN(C(=O)c4ccc(F)cc4)C(C)C)CC3)nn2)c1. The van der Waals surface area contributed by atoms with E-state index in [1.54, 1.807) is 12.0 Å². The lowest BCUT2D eigenvalue weighted by Gasteiger charge is -2.29. The fraction of sp³-hybridized carbons (Fsp3) is 0.357. The zero-order valence-electron chi connectivity index (χ0n) is 21.4. The van der Waals surface area contributed by atoms with Gasteiger partial charge in [0.05, 0.1) is 12.8 Å². The van der Waals surface area contributed by atoms with Crippen LogP contribution in [0.2, 0.25) is 0 Å². The van der Waals surface area contributed by atoms with Crippen molar-refractivity contribution in [2.24, 2.45) is 0 Å². The number of methoxy groups -OCH3 is 1. The number of anilines is 1. The predicted molar refractivity (Wildman–Crippen MR) is 140 cm³/mol. The van der Waals surface area contributed by atoms with E-state index in [0.717, 1.165) is 35.8 Å². The van der Waals surface area contributed by atoms with Gasteiger partial charge in [0.15, 0.2) is 5.82 Å². The smallest absolute Gasteiger partial charge is 0.254 e. The summed E-state index contributed by atoms with van der Waals surface area (Å²) in [4.78, 5) is 31.6. The van der Waals surface area contributed by atoms with Crippen LogP contribution in [0.3, 0.4) is 0 Å². The first-order chi connectivity index (χ1) is 17.9. The molecule has 1 aliphatic rings. The van der Waals surface area contributed by atoms with Crippen molar-refractivity contribution < 1.29 is 18.7 Å². The highest BCUT2D eigenvalue weighted by Gasteiger charge is 2.26. The van der Waals surface area contributed by atoms with Crippen LogP contribution in [-0.4, -0.2) is 77.7 Å². The first-order valence-corrected chi connectivity index (χ1v) is 12.4. The van der Waals surface area contributed by atoms with Gasteiger partial charge in [-0.25, -0.2) is 4.39 Å². The van der Waals surface area contributed by atoms with E-state index in [1.165, 1.54) is 29.2 Å². The zero-order chi connectivity index (χ0) is 26.4. The molecule has 1 aromatic heterocycles. The average Bonchev–Trinajstić information content (AvgIpc) is 3.18. The van der Waals surface area contributed by atoms with Gasteiger partial charge in [-0.3, -0.25) is 9.59 Å². The van der Waals surface area contributed by atoms with Gasteiger partial charge in [0.1, 0.15) is 18.1 Å². The molecular weight excluding hydrogens is 473 g/mol. The molecule has 37 heavy (non-hydrogen) atoms. The molecule has 9 heteroatoms. The fourth-order valence-corrected chi connectivity index (χ4v) is 4.32. The van der Waals surface area contributed by atoms with Gasteiger partial charge < -0.3 is 19.4 Å². The van der Waals surface area contributed by atoms with Gasteiger partial charge in [0.25, 0.3) is 5.91 Å². The van der Waals surface area contributed by atoms with Gasteiger partial charge in [-0.2, -0.15) is 0 Å². The normalized spacial score (nSPS) is 13.9. The third kappa shape index (κ3) is 6.41. The summed E-state index contributed by atoms with van der Waals surface area (Å²) in [5.41, 5.74) is 2.05. The van der Waals surface area contributed by atoms with Crippen molar-refractivity contribution in [3.8, 4) is 17.0 Å². The highest BCUT2D eigenvalue weighted by atomic mass is 19.1. The van der Waals surface area contributed by atoms with Gasteiger partial charge in [-0.05, 0) is 68.8 Å². The number of carbonyl (C=O) groups excluding carboxylic acids is 2. The minimum atomic E-state index is -0.405. The number of halogens is 1. The molecule has 4 rings (SSSR count). The molecule has 0 saturated carbocycles. The minimum absolute atomic E-state index is 0.0249. The summed E-state index contributed by atoms with van der Waals surface area (Å²) in [7, 11) is 1.63. The highest BCUT2D eigenvalue weighted by molar-refractivity contribution is 5.96. The number of rotatable bonds is 7. The second kappa shape index (κ2) is 11.8. The van der Waals surface area contributed by atoms with Crippen LogP contribution in [0.25, 0.3) is 11.3 Å². The molecule has 0 bridgehead atoms. The Hall–Kier alpha value is -4.01. The Labute approximate surface area is 216 Å². The van der Waals surface area contributed by atoms with Gasteiger partial charge >= 0.3 is 0 Å². The molecule has 0 aliphatic carbocycles. The van der Waals surface area contributed by atoms with Crippen LogP contribution in [0, 0.1) is 5.82 Å². The Bertz CT molecular complexity index is 1220. The predicted octanol–water partition coefficient (Wildman–Crippen LogP) is 3.88. The summed E-state index contributed by atoms with van der Waals surface area (Å²) in [5.74, 6) is 0.724. The Balaban J connectivity index is 1.38. The Kier molecular flexibility index (Phi) is 8.32. The number of nitrogens with zero attached hydrogens (tertiary/aromatic N) is 5. The van der Waals surface area contributed by atoms with E-state index in [0.29, 0.717) is 25.2 Å². The van der Waals surface area contributed by atoms with Gasteiger partial charge in [-0.1, -0.05) is 12.1 Å². The zero-order valence-corrected chi connectivity index (χ0v) is 21.4. The summed E-state index contributed by atoms with van der Waals surface area (Å²) < 4.78 is 18.6. The first-order valence-electron chi connectivity index (χ1n) is 12.4. The molecule has 1 aliphatic heterocycles. The van der Waals surface area contributed by atoms with E-state index in [1.807, 2.05) is 50.2 Å². The standard InChI is InChI=1S/C28H32FN5O3/c1-20(2)34(28(36)21-8-10-23(29)11-9-21)19-27(35)33-15-5-14-32(16-17-33)26-13-12-25(30-31-26)22-6-4-7-24(18-22)37-3/h4,6-13,18,20H,5,14-17,19H2,1-3H3. The average molecular weight is 506 g/mol. The van der Waals surface area contributed by atoms with Crippen LogP contribution < -0.4 is 9.64 Å². The van der Waals surface area contributed by atoms with Crippen LogP contribution >= 0.6 is 0 Å². The van der Waals surface area contributed by atoms with Crippen LogP contribution in [0.1, 0.15) is 30.6 Å². The number of hydrogen-bond donors (Lipinski definition) is 0. The van der Waals surface area contributed by atoms with E-state index >= 15 is 0 Å². The molecule has 3 aromatic rings. The monoisotopic (exact) mass is 505 g/mol. The molecule has 0 atom stereocenters. The van der Waals surface area contributed by atoms with Crippen molar-refractivity contribution in [3.05, 3.63) is 72.0 Å². The maximum Gasteiger partial charge on any atom is 0.254 e. The first kappa shape index (κ1) is 26.1.